The van der Waals surface area contributed by atoms with Gasteiger partial charge in [0.05, 0.1) is 6.04 Å². The number of nitrogens with zero attached hydrogens (tertiary/aromatic N) is 3. The van der Waals surface area contributed by atoms with Gasteiger partial charge in [0, 0.05) is 11.8 Å². The van der Waals surface area contributed by atoms with Crippen molar-refractivity contribution >= 4 is 29.1 Å². The highest BCUT2D eigenvalue weighted by Gasteiger charge is 2.12. The van der Waals surface area contributed by atoms with E-state index in [1.54, 1.807) is 13.0 Å². The largest absolute Gasteiger partial charge is 0.347 e. The predicted molar refractivity (Wildman–Crippen MR) is 75.2 cm³/mol. The number of hydrogen-bond donors (Lipinski definition) is 2. The second kappa shape index (κ2) is 5.91. The number of anilines is 2. The normalized spacial score (nSPS) is 12.0. The SMILES string of the molecule is CC(=O)Nc1nc(C)nc(NC(C)c2ccc(F)s2)n1. The van der Waals surface area contributed by atoms with Crippen LogP contribution in [-0.2, 0) is 4.79 Å². The fourth-order valence-corrected chi connectivity index (χ4v) is 2.32. The summed E-state index contributed by atoms with van der Waals surface area (Å²) >= 11 is 1.06. The first-order chi connectivity index (χ1) is 9.44. The molecule has 0 aromatic carbocycles. The molecule has 6 nitrogen and oxygen atoms in total. The minimum absolute atomic E-state index is 0.142. The molecule has 0 saturated heterocycles. The van der Waals surface area contributed by atoms with Crippen LogP contribution in [0.5, 0.6) is 0 Å². The first-order valence-corrected chi connectivity index (χ1v) is 6.77. The molecule has 2 N–H and O–H groups in total. The van der Waals surface area contributed by atoms with Gasteiger partial charge < -0.3 is 5.32 Å². The number of carbonyl (C=O) groups is 1. The van der Waals surface area contributed by atoms with Crippen molar-refractivity contribution in [1.29, 1.82) is 0 Å². The second-order valence-corrected chi connectivity index (χ2v) is 5.28. The van der Waals surface area contributed by atoms with Crippen LogP contribution in [0.25, 0.3) is 0 Å². The molecule has 1 unspecified atom stereocenters. The maximum atomic E-state index is 13.0. The van der Waals surface area contributed by atoms with Crippen LogP contribution in [0.4, 0.5) is 16.3 Å². The van der Waals surface area contributed by atoms with E-state index in [2.05, 4.69) is 25.6 Å². The van der Waals surface area contributed by atoms with E-state index in [4.69, 9.17) is 0 Å². The summed E-state index contributed by atoms with van der Waals surface area (Å²) in [5.41, 5.74) is 0. The number of aryl methyl sites for hydroxylation is 1. The quantitative estimate of drug-likeness (QED) is 0.906. The van der Waals surface area contributed by atoms with Crippen molar-refractivity contribution in [3.63, 3.8) is 0 Å². The molecule has 0 aliphatic heterocycles. The highest BCUT2D eigenvalue weighted by molar-refractivity contribution is 7.10. The fraction of sp³-hybridized carbons (Fsp3) is 0.333. The Morgan fingerprint density at radius 2 is 2.00 bits per heavy atom. The van der Waals surface area contributed by atoms with Crippen LogP contribution in [0.1, 0.15) is 30.6 Å². The summed E-state index contributed by atoms with van der Waals surface area (Å²) in [4.78, 5) is 24.1. The zero-order valence-corrected chi connectivity index (χ0v) is 12.1. The molecule has 2 aromatic rings. The van der Waals surface area contributed by atoms with E-state index in [1.807, 2.05) is 6.92 Å². The number of thiophene rings is 1. The van der Waals surface area contributed by atoms with E-state index >= 15 is 0 Å². The zero-order chi connectivity index (χ0) is 14.7. The van der Waals surface area contributed by atoms with E-state index in [-0.39, 0.29) is 23.0 Å². The predicted octanol–water partition coefficient (Wildman–Crippen LogP) is 2.51. The summed E-state index contributed by atoms with van der Waals surface area (Å²) in [6.07, 6.45) is 0. The monoisotopic (exact) mass is 295 g/mol. The van der Waals surface area contributed by atoms with Gasteiger partial charge in [-0.05, 0) is 26.0 Å². The Bertz CT molecular complexity index is 630. The minimum Gasteiger partial charge on any atom is -0.347 e. The average molecular weight is 295 g/mol. The molecule has 0 saturated carbocycles. The Kier molecular flexibility index (Phi) is 4.23. The van der Waals surface area contributed by atoms with E-state index in [9.17, 15) is 9.18 Å². The molecule has 8 heteroatoms. The third-order valence-electron chi connectivity index (χ3n) is 2.40. The van der Waals surface area contributed by atoms with Crippen molar-refractivity contribution in [2.75, 3.05) is 10.6 Å². The smallest absolute Gasteiger partial charge is 0.234 e. The summed E-state index contributed by atoms with van der Waals surface area (Å²) < 4.78 is 13.0. The van der Waals surface area contributed by atoms with Crippen LogP contribution >= 0.6 is 11.3 Å². The number of hydrogen-bond acceptors (Lipinski definition) is 6. The van der Waals surface area contributed by atoms with Gasteiger partial charge in [0.2, 0.25) is 17.8 Å². The Morgan fingerprint density at radius 1 is 1.30 bits per heavy atom. The Hall–Kier alpha value is -2.09. The van der Waals surface area contributed by atoms with Gasteiger partial charge in [-0.15, -0.1) is 11.3 Å². The number of amides is 1. The fourth-order valence-electron chi connectivity index (χ4n) is 1.59. The van der Waals surface area contributed by atoms with Crippen molar-refractivity contribution in [2.24, 2.45) is 0 Å². The number of aromatic nitrogens is 3. The summed E-state index contributed by atoms with van der Waals surface area (Å²) in [5, 5.41) is 5.32. The lowest BCUT2D eigenvalue weighted by Crippen LogP contribution is -2.14. The van der Waals surface area contributed by atoms with E-state index in [0.717, 1.165) is 16.2 Å². The Balaban J connectivity index is 2.16. The summed E-state index contributed by atoms with van der Waals surface area (Å²) in [6, 6.07) is 2.98. The zero-order valence-electron chi connectivity index (χ0n) is 11.3. The van der Waals surface area contributed by atoms with Crippen LogP contribution in [0.3, 0.4) is 0 Å². The number of nitrogens with one attached hydrogen (secondary N) is 2. The third-order valence-corrected chi connectivity index (χ3v) is 3.46. The highest BCUT2D eigenvalue weighted by atomic mass is 32.1. The lowest BCUT2D eigenvalue weighted by atomic mass is 10.3. The molecule has 2 aromatic heterocycles. The van der Waals surface area contributed by atoms with Gasteiger partial charge in [0.25, 0.3) is 0 Å². The van der Waals surface area contributed by atoms with E-state index in [0.29, 0.717) is 11.8 Å². The van der Waals surface area contributed by atoms with Gasteiger partial charge in [-0.1, -0.05) is 0 Å². The molecule has 0 aliphatic rings. The second-order valence-electron chi connectivity index (χ2n) is 4.22. The molecule has 2 rings (SSSR count). The lowest BCUT2D eigenvalue weighted by molar-refractivity contribution is -0.114. The molecule has 1 atom stereocenters. The van der Waals surface area contributed by atoms with Crippen molar-refractivity contribution < 1.29 is 9.18 Å². The molecular weight excluding hydrogens is 281 g/mol. The van der Waals surface area contributed by atoms with Crippen LogP contribution in [0.15, 0.2) is 12.1 Å². The molecule has 1 amide bonds. The molecule has 2 heterocycles. The highest BCUT2D eigenvalue weighted by Crippen LogP contribution is 2.24. The van der Waals surface area contributed by atoms with Gasteiger partial charge in [-0.2, -0.15) is 19.3 Å². The average Bonchev–Trinajstić information content (AvgIpc) is 2.74. The Labute approximate surface area is 119 Å². The molecule has 0 spiro atoms. The van der Waals surface area contributed by atoms with Crippen LogP contribution in [0, 0.1) is 12.1 Å². The molecule has 0 fully saturated rings. The van der Waals surface area contributed by atoms with Gasteiger partial charge in [-0.25, -0.2) is 0 Å². The number of rotatable bonds is 4. The van der Waals surface area contributed by atoms with Gasteiger partial charge in [-0.3, -0.25) is 10.1 Å². The van der Waals surface area contributed by atoms with Crippen molar-refractivity contribution in [3.8, 4) is 0 Å². The Morgan fingerprint density at radius 3 is 2.60 bits per heavy atom. The molecule has 106 valence electrons. The van der Waals surface area contributed by atoms with Crippen LogP contribution in [0.2, 0.25) is 0 Å². The minimum atomic E-state index is -0.255. The van der Waals surface area contributed by atoms with E-state index in [1.165, 1.54) is 13.0 Å². The lowest BCUT2D eigenvalue weighted by Gasteiger charge is -2.12. The number of halogens is 1. The first-order valence-electron chi connectivity index (χ1n) is 5.96. The maximum Gasteiger partial charge on any atom is 0.234 e. The van der Waals surface area contributed by atoms with Gasteiger partial charge in [0.15, 0.2) is 5.13 Å². The molecule has 20 heavy (non-hydrogen) atoms. The topological polar surface area (TPSA) is 79.8 Å². The first kappa shape index (κ1) is 14.3. The van der Waals surface area contributed by atoms with Crippen LogP contribution in [-0.4, -0.2) is 20.9 Å². The van der Waals surface area contributed by atoms with E-state index < -0.39 is 0 Å². The molecule has 0 radical (unpaired) electrons. The number of carbonyl (C=O) groups excluding carboxylic acids is 1. The van der Waals surface area contributed by atoms with Crippen molar-refractivity contribution in [3.05, 3.63) is 28.0 Å². The molecule has 0 bridgehead atoms. The van der Waals surface area contributed by atoms with Crippen molar-refractivity contribution in [1.82, 2.24) is 15.0 Å². The molecule has 0 aliphatic carbocycles. The van der Waals surface area contributed by atoms with Gasteiger partial charge in [0.1, 0.15) is 5.82 Å². The third kappa shape index (κ3) is 3.70. The maximum absolute atomic E-state index is 13.0. The van der Waals surface area contributed by atoms with Crippen LogP contribution < -0.4 is 10.6 Å². The summed E-state index contributed by atoms with van der Waals surface area (Å²) in [6.45, 7) is 4.96. The van der Waals surface area contributed by atoms with Gasteiger partial charge >= 0.3 is 0 Å². The standard InChI is InChI=1S/C12H14FN5OS/c1-6(9-4-5-10(13)20-9)14-11-15-7(2)16-12(18-11)17-8(3)19/h4-6H,1-3H3,(H2,14,15,16,17,18,19). The van der Waals surface area contributed by atoms with Crippen molar-refractivity contribution in [2.45, 2.75) is 26.8 Å². The summed E-state index contributed by atoms with van der Waals surface area (Å²) in [7, 11) is 0. The summed E-state index contributed by atoms with van der Waals surface area (Å²) in [5.74, 6) is 0.755. The molecular formula is C12H14FN5OS.